The molecular weight excluding hydrogens is 452 g/mol. The van der Waals surface area contributed by atoms with Crippen molar-refractivity contribution >= 4 is 8.80 Å². The van der Waals surface area contributed by atoms with Gasteiger partial charge in [0.2, 0.25) is 0 Å². The van der Waals surface area contributed by atoms with Gasteiger partial charge in [-0.25, -0.2) is 0 Å². The molecule has 0 fully saturated rings. The van der Waals surface area contributed by atoms with Crippen molar-refractivity contribution in [2.24, 2.45) is 0 Å². The summed E-state index contributed by atoms with van der Waals surface area (Å²) in [4.78, 5) is 0. The highest BCUT2D eigenvalue weighted by Crippen LogP contribution is 2.51. The van der Waals surface area contributed by atoms with Gasteiger partial charge >= 0.3 is 45.5 Å². The van der Waals surface area contributed by atoms with Crippen LogP contribution in [0.1, 0.15) is 0 Å². The van der Waals surface area contributed by atoms with Crippen molar-refractivity contribution in [3.63, 3.8) is 0 Å². The minimum atomic E-state index is -9.35. The van der Waals surface area contributed by atoms with E-state index < -0.39 is 45.5 Å². The monoisotopic (exact) mass is 452 g/mol. The fraction of sp³-hybridized carbons (Fsp3) is 1.00. The van der Waals surface area contributed by atoms with Crippen molar-refractivity contribution < 1.29 is 83.5 Å². The van der Waals surface area contributed by atoms with Gasteiger partial charge in [0.1, 0.15) is 0 Å². The second kappa shape index (κ2) is 6.55. The molecule has 0 N–H and O–H groups in total. The molecule has 0 unspecified atom stereocenters. The molecule has 0 bridgehead atoms. The molecule has 0 radical (unpaired) electrons. The molecular formula is C6F16O3Si. The Morgan fingerprint density at radius 1 is 0.423 bits per heavy atom. The summed E-state index contributed by atoms with van der Waals surface area (Å²) in [7, 11) is -9.35. The Morgan fingerprint density at radius 3 is 0.923 bits per heavy atom. The molecule has 3 nitrogen and oxygen atoms in total. The van der Waals surface area contributed by atoms with Crippen molar-refractivity contribution in [3.05, 3.63) is 0 Å². The van der Waals surface area contributed by atoms with Crippen molar-refractivity contribution in [2.75, 3.05) is 0 Å². The highest BCUT2D eigenvalue weighted by molar-refractivity contribution is 6.64. The molecule has 0 aromatic heterocycles. The third-order valence-electron chi connectivity index (χ3n) is 1.83. The lowest BCUT2D eigenvalue weighted by Gasteiger charge is -2.38. The maximum absolute atomic E-state index is 13.1. The molecule has 0 heterocycles. The lowest BCUT2D eigenvalue weighted by molar-refractivity contribution is -0.413. The van der Waals surface area contributed by atoms with E-state index in [1.165, 1.54) is 0 Å². The van der Waals surface area contributed by atoms with Gasteiger partial charge in [0, 0.05) is 0 Å². The highest BCUT2D eigenvalue weighted by atomic mass is 28.4. The molecule has 0 saturated carbocycles. The second-order valence-corrected chi connectivity index (χ2v) is 6.19. The van der Waals surface area contributed by atoms with Gasteiger partial charge in [-0.15, -0.1) is 26.3 Å². The third-order valence-corrected chi connectivity index (χ3v) is 4.41. The molecule has 26 heavy (non-hydrogen) atoms. The average Bonchev–Trinajstić information content (AvgIpc) is 2.18. The molecule has 0 saturated heterocycles. The summed E-state index contributed by atoms with van der Waals surface area (Å²) >= 11 is 0. The van der Waals surface area contributed by atoms with Gasteiger partial charge in [-0.3, -0.25) is 8.85 Å². The molecule has 0 aliphatic heterocycles. The topological polar surface area (TPSA) is 27.7 Å². The van der Waals surface area contributed by atoms with Crippen LogP contribution in [0.5, 0.6) is 0 Å². The van der Waals surface area contributed by atoms with Crippen LogP contribution in [0.25, 0.3) is 0 Å². The first kappa shape index (κ1) is 25.0. The second-order valence-electron chi connectivity index (χ2n) is 3.84. The van der Waals surface area contributed by atoms with Gasteiger partial charge in [0.25, 0.3) is 0 Å². The van der Waals surface area contributed by atoms with Crippen molar-refractivity contribution in [3.8, 4) is 0 Å². The standard InChI is InChI=1S/C6F16O3Si/c7-1(8,9)3(13,14)23-26(24-5(17,18)19,25-6(20,21)22)4(15,16)2(10,11)12. The molecule has 0 aliphatic rings. The Morgan fingerprint density at radius 2 is 0.731 bits per heavy atom. The van der Waals surface area contributed by atoms with Crippen LogP contribution in [0.3, 0.4) is 0 Å². The van der Waals surface area contributed by atoms with E-state index in [1.807, 2.05) is 0 Å². The van der Waals surface area contributed by atoms with Gasteiger partial charge in [-0.2, -0.15) is 43.9 Å². The number of hydrogen-bond acceptors (Lipinski definition) is 3. The van der Waals surface area contributed by atoms with E-state index in [1.54, 1.807) is 13.3 Å². The van der Waals surface area contributed by atoms with Crippen LogP contribution in [0, 0.1) is 0 Å². The summed E-state index contributed by atoms with van der Waals surface area (Å²) in [5.74, 6) is 0. The van der Waals surface area contributed by atoms with Gasteiger partial charge < -0.3 is 4.43 Å². The van der Waals surface area contributed by atoms with Crippen molar-refractivity contribution in [1.29, 1.82) is 0 Å². The SMILES string of the molecule is FC(F)(F)O[Si](OC(F)(F)F)(OC(F)(F)C(F)(F)F)C(F)(F)C(F)(F)F. The first-order chi connectivity index (χ1) is 10.9. The zero-order valence-electron chi connectivity index (χ0n) is 10.8. The van der Waals surface area contributed by atoms with Crippen LogP contribution in [0.4, 0.5) is 70.2 Å². The molecule has 0 aliphatic carbocycles. The first-order valence-corrected chi connectivity index (χ1v) is 6.72. The lowest BCUT2D eigenvalue weighted by Crippen LogP contribution is -2.72. The van der Waals surface area contributed by atoms with Crippen LogP contribution >= 0.6 is 0 Å². The predicted molar refractivity (Wildman–Crippen MR) is 43.1 cm³/mol. The third kappa shape index (κ3) is 5.74. The fourth-order valence-corrected chi connectivity index (χ4v) is 2.88. The van der Waals surface area contributed by atoms with Crippen molar-refractivity contribution in [1.82, 2.24) is 0 Å². The Kier molecular flexibility index (Phi) is 6.29. The van der Waals surface area contributed by atoms with Gasteiger partial charge in [-0.05, 0) is 0 Å². The number of halogens is 16. The van der Waals surface area contributed by atoms with E-state index in [0.717, 1.165) is 0 Å². The predicted octanol–water partition coefficient (Wildman–Crippen LogP) is 4.91. The van der Waals surface area contributed by atoms with E-state index in [9.17, 15) is 70.2 Å². The largest absolute Gasteiger partial charge is 0.603 e. The molecule has 158 valence electrons. The first-order valence-electron chi connectivity index (χ1n) is 5.00. The normalized spacial score (nSPS) is 16.2. The molecule has 0 aromatic carbocycles. The summed E-state index contributed by atoms with van der Waals surface area (Å²) in [6, 6.07) is 0. The number of alkyl halides is 16. The van der Waals surface area contributed by atoms with E-state index in [4.69, 9.17) is 0 Å². The van der Waals surface area contributed by atoms with Crippen LogP contribution in [0.2, 0.25) is 0 Å². The Bertz CT molecular complexity index is 468. The van der Waals surface area contributed by atoms with Gasteiger partial charge in [-0.1, -0.05) is 0 Å². The maximum atomic E-state index is 13.1. The maximum Gasteiger partial charge on any atom is 0.603 e. The molecule has 0 spiro atoms. The van der Waals surface area contributed by atoms with Crippen molar-refractivity contribution in [2.45, 2.75) is 36.7 Å². The van der Waals surface area contributed by atoms with Crippen LogP contribution in [-0.4, -0.2) is 45.5 Å². The average molecular weight is 452 g/mol. The van der Waals surface area contributed by atoms with E-state index >= 15 is 0 Å². The zero-order chi connectivity index (χ0) is 21.6. The Hall–Kier alpha value is -1.02. The number of rotatable bonds is 5. The van der Waals surface area contributed by atoms with E-state index in [-0.39, 0.29) is 0 Å². The molecule has 0 amide bonds. The zero-order valence-corrected chi connectivity index (χ0v) is 11.8. The summed E-state index contributed by atoms with van der Waals surface area (Å²) in [6.45, 7) is 0. The quantitative estimate of drug-likeness (QED) is 0.439. The molecule has 0 aromatic rings. The van der Waals surface area contributed by atoms with E-state index in [2.05, 4.69) is 0 Å². The van der Waals surface area contributed by atoms with Gasteiger partial charge in [0.15, 0.2) is 0 Å². The fourth-order valence-electron chi connectivity index (χ4n) is 0.960. The minimum Gasteiger partial charge on any atom is -0.302 e. The Labute approximate surface area is 130 Å². The summed E-state index contributed by atoms with van der Waals surface area (Å²) in [5, 5.41) is 0. The van der Waals surface area contributed by atoms with Crippen LogP contribution in [0.15, 0.2) is 0 Å². The molecule has 0 rings (SSSR count). The molecule has 20 heteroatoms. The lowest BCUT2D eigenvalue weighted by atomic mass is 10.6. The smallest absolute Gasteiger partial charge is 0.302 e. The van der Waals surface area contributed by atoms with Crippen LogP contribution < -0.4 is 0 Å². The Balaban J connectivity index is 6.68. The highest BCUT2D eigenvalue weighted by Gasteiger charge is 2.86. The number of hydrogen-bond donors (Lipinski definition) is 0. The van der Waals surface area contributed by atoms with Gasteiger partial charge in [0.05, 0.1) is 0 Å². The molecule has 0 atom stereocenters. The summed E-state index contributed by atoms with van der Waals surface area (Å²) in [6.07, 6.45) is -36.4. The van der Waals surface area contributed by atoms with Crippen LogP contribution in [-0.2, 0) is 13.3 Å². The summed E-state index contributed by atoms with van der Waals surface area (Å²) in [5.41, 5.74) is -7.71. The van der Waals surface area contributed by atoms with E-state index in [0.29, 0.717) is 0 Å². The minimum absolute atomic E-state index is 1.65. The summed E-state index contributed by atoms with van der Waals surface area (Å²) < 4.78 is 200.